The number of aliphatic carboxylic acids is 1. The number of sulfonamides is 1. The molecule has 0 radical (unpaired) electrons. The first-order valence-corrected chi connectivity index (χ1v) is 9.80. The highest BCUT2D eigenvalue weighted by Crippen LogP contribution is 2.29. The molecule has 1 N–H and O–H groups in total. The molecule has 1 aliphatic rings. The molecule has 134 valence electrons. The Morgan fingerprint density at radius 2 is 2.00 bits per heavy atom. The molecule has 0 amide bonds. The van der Waals surface area contributed by atoms with Crippen molar-refractivity contribution >= 4 is 27.6 Å². The fraction of sp³-hybridized carbons (Fsp3) is 0.562. The third kappa shape index (κ3) is 4.08. The van der Waals surface area contributed by atoms with Crippen LogP contribution in [-0.2, 0) is 14.8 Å². The molecule has 24 heavy (non-hydrogen) atoms. The van der Waals surface area contributed by atoms with Crippen molar-refractivity contribution in [3.63, 3.8) is 0 Å². The molecule has 2 rings (SSSR count). The van der Waals surface area contributed by atoms with Crippen molar-refractivity contribution in [2.75, 3.05) is 26.2 Å². The number of piperidine rings is 1. The molecule has 1 aliphatic heterocycles. The smallest absolute Gasteiger partial charge is 0.317 e. The Bertz CT molecular complexity index is 700. The van der Waals surface area contributed by atoms with Gasteiger partial charge in [0.05, 0.1) is 11.6 Å². The third-order valence-corrected chi connectivity index (χ3v) is 7.01. The van der Waals surface area contributed by atoms with Crippen LogP contribution < -0.4 is 0 Å². The molecule has 1 aromatic rings. The van der Waals surface area contributed by atoms with E-state index in [1.807, 2.05) is 11.8 Å². The van der Waals surface area contributed by atoms with Crippen LogP contribution in [0.4, 0.5) is 0 Å². The lowest BCUT2D eigenvalue weighted by Crippen LogP contribution is -2.48. The lowest BCUT2D eigenvalue weighted by molar-refractivity contribution is -0.139. The molecule has 0 unspecified atom stereocenters. The third-order valence-electron chi connectivity index (χ3n) is 4.46. The van der Waals surface area contributed by atoms with Crippen LogP contribution in [-0.4, -0.2) is 60.9 Å². The molecule has 8 heteroatoms. The normalized spacial score (nSPS) is 17.3. The molecular formula is C16H23ClN2O4S. The fourth-order valence-corrected chi connectivity index (χ4v) is 5.11. The van der Waals surface area contributed by atoms with Crippen molar-refractivity contribution < 1.29 is 18.3 Å². The first-order valence-electron chi connectivity index (χ1n) is 7.98. The zero-order valence-corrected chi connectivity index (χ0v) is 15.5. The maximum Gasteiger partial charge on any atom is 0.317 e. The topological polar surface area (TPSA) is 77.9 Å². The van der Waals surface area contributed by atoms with Gasteiger partial charge in [-0.25, -0.2) is 8.42 Å². The summed E-state index contributed by atoms with van der Waals surface area (Å²) in [6.07, 6.45) is 1.23. The van der Waals surface area contributed by atoms with Crippen LogP contribution in [0, 0.1) is 6.92 Å². The van der Waals surface area contributed by atoms with Crippen molar-refractivity contribution in [1.82, 2.24) is 9.21 Å². The minimum Gasteiger partial charge on any atom is -0.480 e. The van der Waals surface area contributed by atoms with Gasteiger partial charge in [0.25, 0.3) is 0 Å². The van der Waals surface area contributed by atoms with E-state index < -0.39 is 16.0 Å². The summed E-state index contributed by atoms with van der Waals surface area (Å²) in [6.45, 7) is 5.04. The number of carboxylic acid groups (broad SMARTS) is 1. The van der Waals surface area contributed by atoms with E-state index in [2.05, 4.69) is 0 Å². The van der Waals surface area contributed by atoms with Crippen molar-refractivity contribution in [2.45, 2.75) is 37.6 Å². The quantitative estimate of drug-likeness (QED) is 0.825. The Balaban J connectivity index is 2.11. The van der Waals surface area contributed by atoms with E-state index in [1.165, 1.54) is 10.4 Å². The fourth-order valence-electron chi connectivity index (χ4n) is 3.08. The van der Waals surface area contributed by atoms with E-state index in [0.717, 1.165) is 5.56 Å². The summed E-state index contributed by atoms with van der Waals surface area (Å²) in [4.78, 5) is 12.9. The van der Waals surface area contributed by atoms with Crippen molar-refractivity contribution in [1.29, 1.82) is 0 Å². The largest absolute Gasteiger partial charge is 0.480 e. The second-order valence-electron chi connectivity index (χ2n) is 5.98. The van der Waals surface area contributed by atoms with Gasteiger partial charge in [-0.1, -0.05) is 30.7 Å². The Morgan fingerprint density at radius 3 is 2.54 bits per heavy atom. The maximum atomic E-state index is 12.8. The van der Waals surface area contributed by atoms with Crippen molar-refractivity contribution in [2.24, 2.45) is 0 Å². The van der Waals surface area contributed by atoms with Gasteiger partial charge in [-0.15, -0.1) is 0 Å². The Kier molecular flexibility index (Phi) is 6.25. The van der Waals surface area contributed by atoms with Crippen LogP contribution >= 0.6 is 11.6 Å². The van der Waals surface area contributed by atoms with Crippen LogP contribution in [0.5, 0.6) is 0 Å². The summed E-state index contributed by atoms with van der Waals surface area (Å²) >= 11 is 6.18. The summed E-state index contributed by atoms with van der Waals surface area (Å²) in [7, 11) is -3.63. The number of benzene rings is 1. The second-order valence-corrected chi connectivity index (χ2v) is 8.26. The van der Waals surface area contributed by atoms with Crippen molar-refractivity contribution in [3.8, 4) is 0 Å². The number of likely N-dealkylation sites (N-methyl/N-ethyl adjacent to an activating group) is 1. The molecule has 1 saturated heterocycles. The maximum absolute atomic E-state index is 12.8. The summed E-state index contributed by atoms with van der Waals surface area (Å²) in [5.74, 6) is -0.863. The number of carbonyl (C=O) groups is 1. The predicted molar refractivity (Wildman–Crippen MR) is 92.9 cm³/mol. The Morgan fingerprint density at radius 1 is 1.38 bits per heavy atom. The van der Waals surface area contributed by atoms with Gasteiger partial charge >= 0.3 is 5.97 Å². The second kappa shape index (κ2) is 7.82. The molecular weight excluding hydrogens is 352 g/mol. The lowest BCUT2D eigenvalue weighted by atomic mass is 10.0. The molecule has 0 atom stereocenters. The van der Waals surface area contributed by atoms with Crippen LogP contribution in [0.3, 0.4) is 0 Å². The zero-order chi connectivity index (χ0) is 17.9. The summed E-state index contributed by atoms with van der Waals surface area (Å²) in [5.41, 5.74) is 0.728. The van der Waals surface area contributed by atoms with Crippen LogP contribution in [0.15, 0.2) is 23.1 Å². The van der Waals surface area contributed by atoms with Crippen LogP contribution in [0.25, 0.3) is 0 Å². The SMILES string of the molecule is CCN(CC(=O)O)C1CCN(S(=O)(=O)c2cccc(C)c2Cl)CC1. The minimum atomic E-state index is -3.63. The molecule has 1 aromatic carbocycles. The summed E-state index contributed by atoms with van der Waals surface area (Å²) < 4.78 is 27.1. The van der Waals surface area contributed by atoms with E-state index in [-0.39, 0.29) is 22.5 Å². The Hall–Kier alpha value is -1.15. The lowest BCUT2D eigenvalue weighted by Gasteiger charge is -2.37. The number of rotatable bonds is 6. The van der Waals surface area contributed by atoms with E-state index in [4.69, 9.17) is 16.7 Å². The molecule has 0 spiro atoms. The number of nitrogens with zero attached hydrogens (tertiary/aromatic N) is 2. The highest BCUT2D eigenvalue weighted by molar-refractivity contribution is 7.89. The van der Waals surface area contributed by atoms with E-state index in [0.29, 0.717) is 32.5 Å². The van der Waals surface area contributed by atoms with E-state index in [1.54, 1.807) is 19.1 Å². The summed E-state index contributed by atoms with van der Waals surface area (Å²) in [5, 5.41) is 9.23. The van der Waals surface area contributed by atoms with Gasteiger partial charge in [-0.3, -0.25) is 9.69 Å². The number of carboxylic acids is 1. The van der Waals surface area contributed by atoms with Crippen LogP contribution in [0.2, 0.25) is 5.02 Å². The van der Waals surface area contributed by atoms with Gasteiger partial charge in [0.2, 0.25) is 10.0 Å². The summed E-state index contributed by atoms with van der Waals surface area (Å²) in [6, 6.07) is 5.08. The van der Waals surface area contributed by atoms with Gasteiger partial charge in [-0.05, 0) is 37.9 Å². The van der Waals surface area contributed by atoms with Crippen LogP contribution in [0.1, 0.15) is 25.3 Å². The average molecular weight is 375 g/mol. The first-order chi connectivity index (χ1) is 11.3. The molecule has 0 aliphatic carbocycles. The minimum absolute atomic E-state index is 0.0162. The molecule has 0 bridgehead atoms. The predicted octanol–water partition coefficient (Wildman–Crippen LogP) is 2.21. The van der Waals surface area contributed by atoms with E-state index in [9.17, 15) is 13.2 Å². The van der Waals surface area contributed by atoms with Gasteiger partial charge in [-0.2, -0.15) is 4.31 Å². The van der Waals surface area contributed by atoms with Gasteiger partial charge < -0.3 is 5.11 Å². The highest BCUT2D eigenvalue weighted by Gasteiger charge is 2.33. The van der Waals surface area contributed by atoms with Gasteiger partial charge in [0, 0.05) is 19.1 Å². The van der Waals surface area contributed by atoms with Gasteiger partial charge in [0.1, 0.15) is 4.90 Å². The molecule has 6 nitrogen and oxygen atoms in total. The number of halogens is 1. The number of hydrogen-bond donors (Lipinski definition) is 1. The van der Waals surface area contributed by atoms with Crippen molar-refractivity contribution in [3.05, 3.63) is 28.8 Å². The zero-order valence-electron chi connectivity index (χ0n) is 13.9. The number of aryl methyl sites for hydroxylation is 1. The monoisotopic (exact) mass is 374 g/mol. The number of hydrogen-bond acceptors (Lipinski definition) is 4. The molecule has 1 heterocycles. The van der Waals surface area contributed by atoms with E-state index >= 15 is 0 Å². The molecule has 0 aromatic heterocycles. The highest BCUT2D eigenvalue weighted by atomic mass is 35.5. The standard InChI is InChI=1S/C16H23ClN2O4S/c1-3-18(11-15(20)21)13-7-9-19(10-8-13)24(22,23)14-6-4-5-12(2)16(14)17/h4-6,13H,3,7-11H2,1-2H3,(H,20,21). The first kappa shape index (κ1) is 19.2. The van der Waals surface area contributed by atoms with Gasteiger partial charge in [0.15, 0.2) is 0 Å². The Labute approximate surface area is 148 Å². The molecule has 0 saturated carbocycles. The molecule has 1 fully saturated rings. The average Bonchev–Trinajstić information content (AvgIpc) is 2.55.